The van der Waals surface area contributed by atoms with Gasteiger partial charge >= 0.3 is 0 Å². The number of benzene rings is 1. The van der Waals surface area contributed by atoms with Crippen molar-refractivity contribution in [3.63, 3.8) is 0 Å². The molecular weight excluding hydrogens is 266 g/mol. The Morgan fingerprint density at radius 3 is 2.33 bits per heavy atom. The summed E-state index contributed by atoms with van der Waals surface area (Å²) in [5.41, 5.74) is 0.922. The van der Waals surface area contributed by atoms with Crippen LogP contribution in [0.25, 0.3) is 0 Å². The maximum Gasteiger partial charge on any atom is 0.238 e. The zero-order valence-electron chi connectivity index (χ0n) is 12.9. The molecule has 0 aliphatic rings. The maximum atomic E-state index is 5.68. The molecule has 1 heterocycles. The fourth-order valence-electron chi connectivity index (χ4n) is 1.66. The highest BCUT2D eigenvalue weighted by Gasteiger charge is 2.10. The van der Waals surface area contributed by atoms with E-state index >= 15 is 0 Å². The maximum absolute atomic E-state index is 5.68. The van der Waals surface area contributed by atoms with Gasteiger partial charge in [0.05, 0.1) is 25.2 Å². The van der Waals surface area contributed by atoms with Crippen molar-refractivity contribution >= 4 is 0 Å². The molecule has 0 saturated heterocycles. The Kier molecular flexibility index (Phi) is 4.75. The van der Waals surface area contributed by atoms with Crippen LogP contribution in [0.5, 0.6) is 17.4 Å². The SMILES string of the molecule is COc1ccccc1Oc1cnc(CNC(C)(C)C)cn1. The van der Waals surface area contributed by atoms with E-state index in [1.807, 2.05) is 24.3 Å². The smallest absolute Gasteiger partial charge is 0.238 e. The number of nitrogens with zero attached hydrogens (tertiary/aromatic N) is 2. The van der Waals surface area contributed by atoms with E-state index in [-0.39, 0.29) is 5.54 Å². The first-order valence-corrected chi connectivity index (χ1v) is 6.85. The van der Waals surface area contributed by atoms with Crippen molar-refractivity contribution < 1.29 is 9.47 Å². The lowest BCUT2D eigenvalue weighted by Gasteiger charge is -2.19. The van der Waals surface area contributed by atoms with Gasteiger partial charge in [-0.15, -0.1) is 0 Å². The number of ether oxygens (including phenoxy) is 2. The Bertz CT molecular complexity index is 577. The first-order chi connectivity index (χ1) is 9.98. The summed E-state index contributed by atoms with van der Waals surface area (Å²) in [4.78, 5) is 8.61. The second kappa shape index (κ2) is 6.54. The highest BCUT2D eigenvalue weighted by molar-refractivity contribution is 5.41. The van der Waals surface area contributed by atoms with Crippen LogP contribution < -0.4 is 14.8 Å². The third kappa shape index (κ3) is 4.72. The Morgan fingerprint density at radius 1 is 1.05 bits per heavy atom. The molecule has 5 heteroatoms. The predicted molar refractivity (Wildman–Crippen MR) is 81.7 cm³/mol. The summed E-state index contributed by atoms with van der Waals surface area (Å²) in [7, 11) is 1.61. The lowest BCUT2D eigenvalue weighted by atomic mass is 10.1. The van der Waals surface area contributed by atoms with Crippen LogP contribution in [0.1, 0.15) is 26.5 Å². The highest BCUT2D eigenvalue weighted by atomic mass is 16.5. The summed E-state index contributed by atoms with van der Waals surface area (Å²) in [6.07, 6.45) is 3.33. The van der Waals surface area contributed by atoms with E-state index in [9.17, 15) is 0 Å². The molecule has 1 aromatic carbocycles. The Hall–Kier alpha value is -2.14. The molecule has 2 aromatic rings. The van der Waals surface area contributed by atoms with Gasteiger partial charge in [0.25, 0.3) is 0 Å². The van der Waals surface area contributed by atoms with Gasteiger partial charge in [0, 0.05) is 12.1 Å². The molecule has 5 nitrogen and oxygen atoms in total. The average molecular weight is 287 g/mol. The monoisotopic (exact) mass is 287 g/mol. The molecule has 0 aliphatic heterocycles. The summed E-state index contributed by atoms with van der Waals surface area (Å²) < 4.78 is 10.9. The minimum atomic E-state index is 0.0499. The van der Waals surface area contributed by atoms with Gasteiger partial charge in [-0.3, -0.25) is 4.98 Å². The molecule has 2 rings (SSSR count). The van der Waals surface area contributed by atoms with Gasteiger partial charge in [-0.25, -0.2) is 4.98 Å². The molecule has 0 fully saturated rings. The van der Waals surface area contributed by atoms with E-state index in [0.717, 1.165) is 5.69 Å². The van der Waals surface area contributed by atoms with Gasteiger partial charge in [-0.05, 0) is 32.9 Å². The van der Waals surface area contributed by atoms with Crippen LogP contribution in [-0.4, -0.2) is 22.6 Å². The fourth-order valence-corrected chi connectivity index (χ4v) is 1.66. The number of rotatable bonds is 5. The zero-order chi connectivity index (χ0) is 15.3. The van der Waals surface area contributed by atoms with Crippen molar-refractivity contribution in [2.24, 2.45) is 0 Å². The van der Waals surface area contributed by atoms with Gasteiger partial charge in [0.1, 0.15) is 0 Å². The molecule has 0 radical (unpaired) electrons. The van der Waals surface area contributed by atoms with E-state index < -0.39 is 0 Å². The minimum Gasteiger partial charge on any atom is -0.493 e. The summed E-state index contributed by atoms with van der Waals surface area (Å²) in [6.45, 7) is 7.00. The summed E-state index contributed by atoms with van der Waals surface area (Å²) in [5, 5.41) is 3.36. The average Bonchev–Trinajstić information content (AvgIpc) is 2.46. The number of methoxy groups -OCH3 is 1. The van der Waals surface area contributed by atoms with Crippen LogP contribution in [0.15, 0.2) is 36.7 Å². The van der Waals surface area contributed by atoms with Crippen LogP contribution in [0, 0.1) is 0 Å². The van der Waals surface area contributed by atoms with Crippen LogP contribution in [0.4, 0.5) is 0 Å². The second-order valence-electron chi connectivity index (χ2n) is 5.70. The summed E-state index contributed by atoms with van der Waals surface area (Å²) in [6, 6.07) is 7.44. The topological polar surface area (TPSA) is 56.3 Å². The number of nitrogens with one attached hydrogen (secondary N) is 1. The largest absolute Gasteiger partial charge is 0.493 e. The van der Waals surface area contributed by atoms with E-state index in [1.165, 1.54) is 0 Å². The third-order valence-corrected chi connectivity index (χ3v) is 2.77. The predicted octanol–water partition coefficient (Wildman–Crippen LogP) is 3.17. The van der Waals surface area contributed by atoms with Crippen molar-refractivity contribution in [1.29, 1.82) is 0 Å². The quantitative estimate of drug-likeness (QED) is 0.915. The van der Waals surface area contributed by atoms with Crippen molar-refractivity contribution in [2.75, 3.05) is 7.11 Å². The van der Waals surface area contributed by atoms with E-state index in [1.54, 1.807) is 19.5 Å². The van der Waals surface area contributed by atoms with Crippen LogP contribution in [0.2, 0.25) is 0 Å². The van der Waals surface area contributed by atoms with Crippen LogP contribution in [0.3, 0.4) is 0 Å². The molecule has 1 N–H and O–H groups in total. The number of para-hydroxylation sites is 2. The van der Waals surface area contributed by atoms with Crippen LogP contribution >= 0.6 is 0 Å². The molecule has 0 amide bonds. The normalized spacial score (nSPS) is 11.2. The van der Waals surface area contributed by atoms with Crippen LogP contribution in [-0.2, 0) is 6.54 Å². The molecule has 112 valence electrons. The number of aromatic nitrogens is 2. The molecule has 21 heavy (non-hydrogen) atoms. The molecule has 0 aliphatic carbocycles. The first-order valence-electron chi connectivity index (χ1n) is 6.85. The van der Waals surface area contributed by atoms with Gasteiger partial charge in [0.15, 0.2) is 11.5 Å². The third-order valence-electron chi connectivity index (χ3n) is 2.77. The Morgan fingerprint density at radius 2 is 1.76 bits per heavy atom. The van der Waals surface area contributed by atoms with Crippen molar-refractivity contribution in [1.82, 2.24) is 15.3 Å². The lowest BCUT2D eigenvalue weighted by Crippen LogP contribution is -2.35. The van der Waals surface area contributed by atoms with Gasteiger partial charge in [0.2, 0.25) is 5.88 Å². The summed E-state index contributed by atoms with van der Waals surface area (Å²) in [5.74, 6) is 1.73. The lowest BCUT2D eigenvalue weighted by molar-refractivity contribution is 0.373. The van der Waals surface area contributed by atoms with Crippen molar-refractivity contribution in [3.05, 3.63) is 42.4 Å². The molecule has 0 atom stereocenters. The van der Waals surface area contributed by atoms with Gasteiger partial charge < -0.3 is 14.8 Å². The molecule has 1 aromatic heterocycles. The van der Waals surface area contributed by atoms with Crippen molar-refractivity contribution in [2.45, 2.75) is 32.9 Å². The Labute approximate surface area is 125 Å². The fraction of sp³-hybridized carbons (Fsp3) is 0.375. The molecule has 0 spiro atoms. The molecule has 0 bridgehead atoms. The zero-order valence-corrected chi connectivity index (χ0v) is 12.9. The Balaban J connectivity index is 2.02. The highest BCUT2D eigenvalue weighted by Crippen LogP contribution is 2.29. The number of hydrogen-bond acceptors (Lipinski definition) is 5. The van der Waals surface area contributed by atoms with Gasteiger partial charge in [-0.2, -0.15) is 0 Å². The molecule has 0 saturated carbocycles. The van der Waals surface area contributed by atoms with Crippen molar-refractivity contribution in [3.8, 4) is 17.4 Å². The van der Waals surface area contributed by atoms with E-state index in [0.29, 0.717) is 23.9 Å². The first kappa shape index (κ1) is 15.3. The summed E-state index contributed by atoms with van der Waals surface area (Å²) >= 11 is 0. The van der Waals surface area contributed by atoms with E-state index in [4.69, 9.17) is 9.47 Å². The number of hydrogen-bond donors (Lipinski definition) is 1. The van der Waals surface area contributed by atoms with Gasteiger partial charge in [-0.1, -0.05) is 12.1 Å². The molecule has 0 unspecified atom stereocenters. The second-order valence-corrected chi connectivity index (χ2v) is 5.70. The minimum absolute atomic E-state index is 0.0499. The molecular formula is C16H21N3O2. The van der Waals surface area contributed by atoms with E-state index in [2.05, 4.69) is 36.1 Å². The standard InChI is InChI=1S/C16H21N3O2/c1-16(2,3)19-10-12-9-18-15(11-17-12)21-14-8-6-5-7-13(14)20-4/h5-9,11,19H,10H2,1-4H3.